The lowest BCUT2D eigenvalue weighted by molar-refractivity contribution is -0.128. The summed E-state index contributed by atoms with van der Waals surface area (Å²) in [4.78, 5) is 24.4. The lowest BCUT2D eigenvalue weighted by Gasteiger charge is -2.21. The van der Waals surface area contributed by atoms with Gasteiger partial charge in [0.15, 0.2) is 5.82 Å². The maximum Gasteiger partial charge on any atom is 0.248 e. The molecule has 30 heavy (non-hydrogen) atoms. The summed E-state index contributed by atoms with van der Waals surface area (Å²) in [5, 5.41) is 11.2. The van der Waals surface area contributed by atoms with Crippen molar-refractivity contribution >= 4 is 28.5 Å². The van der Waals surface area contributed by atoms with Gasteiger partial charge in [-0.1, -0.05) is 30.3 Å². The van der Waals surface area contributed by atoms with Crippen LogP contribution in [-0.4, -0.2) is 33.7 Å². The van der Waals surface area contributed by atoms with Crippen molar-refractivity contribution in [3.05, 3.63) is 54.1 Å². The van der Waals surface area contributed by atoms with Gasteiger partial charge < -0.3 is 15.4 Å². The van der Waals surface area contributed by atoms with E-state index in [0.29, 0.717) is 31.6 Å². The Morgan fingerprint density at radius 2 is 2.07 bits per heavy atom. The van der Waals surface area contributed by atoms with Crippen LogP contribution >= 0.6 is 0 Å². The molecule has 0 unspecified atom stereocenters. The molecule has 4 rings (SSSR count). The van der Waals surface area contributed by atoms with Crippen molar-refractivity contribution in [2.24, 2.45) is 0 Å². The van der Waals surface area contributed by atoms with Crippen LogP contribution in [0.5, 0.6) is 5.75 Å². The molecule has 1 atom stereocenters. The fraction of sp³-hybridized carbons (Fsp3) is 0.348. The summed E-state index contributed by atoms with van der Waals surface area (Å²) in [6.07, 6.45) is 1.87. The van der Waals surface area contributed by atoms with Crippen LogP contribution in [-0.2, 0) is 16.1 Å². The highest BCUT2D eigenvalue weighted by atomic mass is 16.5. The van der Waals surface area contributed by atoms with E-state index in [2.05, 4.69) is 15.7 Å². The topological polar surface area (TPSA) is 85.2 Å². The Kier molecular flexibility index (Phi) is 5.70. The molecule has 2 aromatic carbocycles. The summed E-state index contributed by atoms with van der Waals surface area (Å²) in [7, 11) is 0. The normalized spacial score (nSPS) is 16.5. The van der Waals surface area contributed by atoms with Gasteiger partial charge in [0.1, 0.15) is 11.8 Å². The smallest absolute Gasteiger partial charge is 0.248 e. The average molecular weight is 406 g/mol. The molecule has 1 fully saturated rings. The number of fused-ring (bicyclic) bond motifs is 1. The number of hydrogen-bond donors (Lipinski definition) is 2. The van der Waals surface area contributed by atoms with Crippen LogP contribution < -0.4 is 15.4 Å². The number of carbonyl (C=O) groups is 2. The Morgan fingerprint density at radius 3 is 2.80 bits per heavy atom. The molecule has 0 saturated carbocycles. The first-order chi connectivity index (χ1) is 14.5. The summed E-state index contributed by atoms with van der Waals surface area (Å²) in [6, 6.07) is 15.3. The molecule has 7 nitrogen and oxygen atoms in total. The zero-order valence-electron chi connectivity index (χ0n) is 17.2. The lowest BCUT2D eigenvalue weighted by atomic mass is 10.0. The first kappa shape index (κ1) is 19.9. The number of aromatic nitrogens is 2. The number of ether oxygens (including phenoxy) is 1. The Hall–Kier alpha value is -3.35. The molecule has 156 valence electrons. The lowest BCUT2D eigenvalue weighted by Crippen LogP contribution is -2.46. The SMILES string of the molecule is CC(C)Oc1ccc2c(NC(=O)[C@@H]3CCCC(=O)N3)nn(Cc3ccccc3)c2c1. The number of nitrogens with zero attached hydrogens (tertiary/aromatic N) is 2. The third-order valence-corrected chi connectivity index (χ3v) is 5.06. The fourth-order valence-electron chi connectivity index (χ4n) is 3.67. The van der Waals surface area contributed by atoms with E-state index in [0.717, 1.165) is 22.2 Å². The second kappa shape index (κ2) is 8.57. The number of benzene rings is 2. The van der Waals surface area contributed by atoms with Crippen LogP contribution in [0.1, 0.15) is 38.7 Å². The molecular formula is C23H26N4O3. The summed E-state index contributed by atoms with van der Waals surface area (Å²) < 4.78 is 7.72. The van der Waals surface area contributed by atoms with E-state index >= 15 is 0 Å². The van der Waals surface area contributed by atoms with Gasteiger partial charge in [-0.2, -0.15) is 5.10 Å². The zero-order valence-corrected chi connectivity index (χ0v) is 17.2. The van der Waals surface area contributed by atoms with Crippen molar-refractivity contribution in [3.63, 3.8) is 0 Å². The Morgan fingerprint density at radius 1 is 1.27 bits per heavy atom. The predicted molar refractivity (Wildman–Crippen MR) is 115 cm³/mol. The van der Waals surface area contributed by atoms with Gasteiger partial charge in [0.05, 0.1) is 18.2 Å². The zero-order chi connectivity index (χ0) is 21.1. The highest BCUT2D eigenvalue weighted by Gasteiger charge is 2.26. The Bertz CT molecular complexity index is 1060. The Labute approximate surface area is 175 Å². The number of rotatable bonds is 6. The van der Waals surface area contributed by atoms with Gasteiger partial charge in [0, 0.05) is 17.9 Å². The van der Waals surface area contributed by atoms with E-state index in [9.17, 15) is 9.59 Å². The van der Waals surface area contributed by atoms with Gasteiger partial charge in [0.2, 0.25) is 11.8 Å². The number of hydrogen-bond acceptors (Lipinski definition) is 4. The predicted octanol–water partition coefficient (Wildman–Crippen LogP) is 3.48. The van der Waals surface area contributed by atoms with E-state index in [4.69, 9.17) is 4.74 Å². The monoisotopic (exact) mass is 406 g/mol. The van der Waals surface area contributed by atoms with Crippen molar-refractivity contribution < 1.29 is 14.3 Å². The van der Waals surface area contributed by atoms with Gasteiger partial charge in [-0.05, 0) is 44.4 Å². The molecule has 2 amide bonds. The van der Waals surface area contributed by atoms with E-state index in [1.807, 2.05) is 67.1 Å². The molecule has 1 saturated heterocycles. The minimum absolute atomic E-state index is 0.0574. The molecule has 0 aliphatic carbocycles. The second-order valence-electron chi connectivity index (χ2n) is 7.84. The minimum Gasteiger partial charge on any atom is -0.491 e. The van der Waals surface area contributed by atoms with Crippen LogP contribution in [0, 0.1) is 0 Å². The third-order valence-electron chi connectivity index (χ3n) is 5.06. The molecule has 7 heteroatoms. The molecule has 1 aromatic heterocycles. The molecule has 2 heterocycles. The standard InChI is InChI=1S/C23H26N4O3/c1-15(2)30-17-11-12-18-20(13-17)27(14-16-7-4-3-5-8-16)26-22(18)25-23(29)19-9-6-10-21(28)24-19/h3-5,7-8,11-13,15,19H,6,9-10,14H2,1-2H3,(H,24,28)(H,25,26,29)/t19-/m0/s1. The van der Waals surface area contributed by atoms with Crippen molar-refractivity contribution in [2.75, 3.05) is 5.32 Å². The fourth-order valence-corrected chi connectivity index (χ4v) is 3.67. The van der Waals surface area contributed by atoms with Crippen LogP contribution in [0.2, 0.25) is 0 Å². The van der Waals surface area contributed by atoms with Crippen molar-refractivity contribution in [1.82, 2.24) is 15.1 Å². The molecule has 0 radical (unpaired) electrons. The summed E-state index contributed by atoms with van der Waals surface area (Å²) in [5.74, 6) is 0.916. The average Bonchev–Trinajstić information content (AvgIpc) is 3.05. The maximum atomic E-state index is 12.7. The van der Waals surface area contributed by atoms with Crippen molar-refractivity contribution in [1.29, 1.82) is 0 Å². The highest BCUT2D eigenvalue weighted by Crippen LogP contribution is 2.28. The van der Waals surface area contributed by atoms with Gasteiger partial charge in [0.25, 0.3) is 0 Å². The van der Waals surface area contributed by atoms with Gasteiger partial charge in [-0.25, -0.2) is 0 Å². The number of amides is 2. The number of nitrogens with one attached hydrogen (secondary N) is 2. The largest absolute Gasteiger partial charge is 0.491 e. The highest BCUT2D eigenvalue weighted by molar-refractivity contribution is 6.03. The first-order valence-corrected chi connectivity index (χ1v) is 10.3. The molecule has 0 bridgehead atoms. The van der Waals surface area contributed by atoms with E-state index in [1.165, 1.54) is 0 Å². The van der Waals surface area contributed by atoms with Crippen LogP contribution in [0.15, 0.2) is 48.5 Å². The second-order valence-corrected chi connectivity index (χ2v) is 7.84. The summed E-state index contributed by atoms with van der Waals surface area (Å²) >= 11 is 0. The summed E-state index contributed by atoms with van der Waals surface area (Å²) in [5.41, 5.74) is 1.98. The van der Waals surface area contributed by atoms with Crippen molar-refractivity contribution in [3.8, 4) is 5.75 Å². The Balaban J connectivity index is 1.66. The molecule has 2 N–H and O–H groups in total. The van der Waals surface area contributed by atoms with Crippen molar-refractivity contribution in [2.45, 2.75) is 51.8 Å². The van der Waals surface area contributed by atoms with E-state index < -0.39 is 6.04 Å². The maximum absolute atomic E-state index is 12.7. The van der Waals surface area contributed by atoms with Crippen LogP contribution in [0.25, 0.3) is 10.9 Å². The molecule has 0 spiro atoms. The molecule has 3 aromatic rings. The van der Waals surface area contributed by atoms with Gasteiger partial charge >= 0.3 is 0 Å². The molecule has 1 aliphatic heterocycles. The number of anilines is 1. The number of carbonyl (C=O) groups excluding carboxylic acids is 2. The third kappa shape index (κ3) is 4.45. The quantitative estimate of drug-likeness (QED) is 0.656. The van der Waals surface area contributed by atoms with Gasteiger partial charge in [-0.15, -0.1) is 0 Å². The minimum atomic E-state index is -0.524. The molecular weight excluding hydrogens is 380 g/mol. The first-order valence-electron chi connectivity index (χ1n) is 10.3. The van der Waals surface area contributed by atoms with E-state index in [1.54, 1.807) is 0 Å². The van der Waals surface area contributed by atoms with Gasteiger partial charge in [-0.3, -0.25) is 14.3 Å². The summed E-state index contributed by atoms with van der Waals surface area (Å²) in [6.45, 7) is 4.53. The van der Waals surface area contributed by atoms with Crippen LogP contribution in [0.3, 0.4) is 0 Å². The number of piperidine rings is 1. The van der Waals surface area contributed by atoms with E-state index in [-0.39, 0.29) is 17.9 Å². The molecule has 1 aliphatic rings. The van der Waals surface area contributed by atoms with Crippen LogP contribution in [0.4, 0.5) is 5.82 Å².